The molecular formula is C10H17N3. The van der Waals surface area contributed by atoms with Gasteiger partial charge in [-0.1, -0.05) is 13.8 Å². The highest BCUT2D eigenvalue weighted by Gasteiger charge is 2.41. The molecule has 72 valence electrons. The Kier molecular flexibility index (Phi) is 1.65. The van der Waals surface area contributed by atoms with Crippen molar-refractivity contribution in [2.24, 2.45) is 5.41 Å². The lowest BCUT2D eigenvalue weighted by Crippen LogP contribution is -2.37. The zero-order valence-electron chi connectivity index (χ0n) is 8.54. The van der Waals surface area contributed by atoms with Gasteiger partial charge in [0.05, 0.1) is 12.2 Å². The molecule has 1 atom stereocenters. The van der Waals surface area contributed by atoms with Crippen molar-refractivity contribution in [2.45, 2.75) is 39.7 Å². The molecule has 3 nitrogen and oxygen atoms in total. The van der Waals surface area contributed by atoms with Crippen molar-refractivity contribution < 1.29 is 0 Å². The SMILES string of the molecule is Cc1cnn(C2CCC2(C)C)c1N. The zero-order chi connectivity index (χ0) is 9.64. The molecule has 1 fully saturated rings. The van der Waals surface area contributed by atoms with Gasteiger partial charge in [-0.25, -0.2) is 4.68 Å². The molecule has 0 aliphatic heterocycles. The van der Waals surface area contributed by atoms with E-state index in [9.17, 15) is 0 Å². The van der Waals surface area contributed by atoms with Crippen LogP contribution in [0.25, 0.3) is 0 Å². The molecular weight excluding hydrogens is 162 g/mol. The minimum atomic E-state index is 0.368. The molecule has 1 aliphatic carbocycles. The molecule has 0 saturated heterocycles. The van der Waals surface area contributed by atoms with E-state index in [1.165, 1.54) is 12.8 Å². The molecule has 3 heteroatoms. The summed E-state index contributed by atoms with van der Waals surface area (Å²) in [6.45, 7) is 6.56. The highest BCUT2D eigenvalue weighted by Crippen LogP contribution is 2.49. The molecule has 1 aromatic heterocycles. The normalized spacial score (nSPS) is 25.6. The van der Waals surface area contributed by atoms with Crippen LogP contribution in [-0.4, -0.2) is 9.78 Å². The second kappa shape index (κ2) is 2.50. The van der Waals surface area contributed by atoms with Crippen molar-refractivity contribution in [1.82, 2.24) is 9.78 Å². The number of hydrogen-bond acceptors (Lipinski definition) is 2. The van der Waals surface area contributed by atoms with Crippen LogP contribution in [0, 0.1) is 12.3 Å². The number of nitrogen functional groups attached to an aromatic ring is 1. The van der Waals surface area contributed by atoms with Crippen molar-refractivity contribution in [2.75, 3.05) is 5.73 Å². The third kappa shape index (κ3) is 1.14. The Morgan fingerprint density at radius 3 is 2.62 bits per heavy atom. The second-order valence-corrected chi connectivity index (χ2v) is 4.70. The summed E-state index contributed by atoms with van der Waals surface area (Å²) in [6, 6.07) is 0.501. The van der Waals surface area contributed by atoms with E-state index in [0.717, 1.165) is 11.4 Å². The van der Waals surface area contributed by atoms with Crippen LogP contribution in [0.4, 0.5) is 5.82 Å². The Hall–Kier alpha value is -0.990. The molecule has 1 heterocycles. The van der Waals surface area contributed by atoms with Crippen LogP contribution < -0.4 is 5.73 Å². The van der Waals surface area contributed by atoms with Gasteiger partial charge >= 0.3 is 0 Å². The molecule has 13 heavy (non-hydrogen) atoms. The van der Waals surface area contributed by atoms with Gasteiger partial charge in [-0.2, -0.15) is 5.10 Å². The van der Waals surface area contributed by atoms with Gasteiger partial charge in [0.2, 0.25) is 0 Å². The third-order valence-electron chi connectivity index (χ3n) is 3.29. The number of nitrogens with two attached hydrogens (primary N) is 1. The van der Waals surface area contributed by atoms with Crippen LogP contribution in [-0.2, 0) is 0 Å². The Labute approximate surface area is 78.9 Å². The minimum absolute atomic E-state index is 0.368. The molecule has 0 spiro atoms. The Morgan fingerprint density at radius 1 is 1.62 bits per heavy atom. The van der Waals surface area contributed by atoms with Crippen LogP contribution in [0.1, 0.15) is 38.3 Å². The number of aromatic nitrogens is 2. The van der Waals surface area contributed by atoms with Gasteiger partial charge < -0.3 is 5.73 Å². The summed E-state index contributed by atoms with van der Waals surface area (Å²) in [5, 5.41) is 4.32. The first-order chi connectivity index (χ1) is 6.02. The summed E-state index contributed by atoms with van der Waals surface area (Å²) in [5.41, 5.74) is 7.39. The predicted octanol–water partition coefficient (Wildman–Crippen LogP) is 2.13. The van der Waals surface area contributed by atoms with Crippen molar-refractivity contribution in [1.29, 1.82) is 0 Å². The molecule has 2 rings (SSSR count). The van der Waals surface area contributed by atoms with Gasteiger partial charge in [0, 0.05) is 5.56 Å². The summed E-state index contributed by atoms with van der Waals surface area (Å²) in [5.74, 6) is 0.831. The maximum atomic E-state index is 5.93. The molecule has 1 aromatic rings. The van der Waals surface area contributed by atoms with E-state index in [1.54, 1.807) is 0 Å². The molecule has 0 radical (unpaired) electrons. The molecule has 0 amide bonds. The Bertz CT molecular complexity index is 325. The fraction of sp³-hybridized carbons (Fsp3) is 0.700. The summed E-state index contributed by atoms with van der Waals surface area (Å²) < 4.78 is 1.98. The van der Waals surface area contributed by atoms with Gasteiger partial charge in [-0.05, 0) is 25.2 Å². The van der Waals surface area contributed by atoms with E-state index in [0.29, 0.717) is 11.5 Å². The summed E-state index contributed by atoms with van der Waals surface area (Å²) in [4.78, 5) is 0. The fourth-order valence-corrected chi connectivity index (χ4v) is 2.01. The first-order valence-corrected chi connectivity index (χ1v) is 4.82. The third-order valence-corrected chi connectivity index (χ3v) is 3.29. The topological polar surface area (TPSA) is 43.8 Å². The highest BCUT2D eigenvalue weighted by molar-refractivity contribution is 5.38. The number of anilines is 1. The first kappa shape index (κ1) is 8.60. The monoisotopic (exact) mass is 179 g/mol. The van der Waals surface area contributed by atoms with Crippen LogP contribution in [0.5, 0.6) is 0 Å². The first-order valence-electron chi connectivity index (χ1n) is 4.82. The van der Waals surface area contributed by atoms with E-state index >= 15 is 0 Å². The maximum Gasteiger partial charge on any atom is 0.124 e. The van der Waals surface area contributed by atoms with Crippen molar-refractivity contribution >= 4 is 5.82 Å². The standard InChI is InChI=1S/C10H17N3/c1-7-6-12-13(9(7)11)8-4-5-10(8,2)3/h6,8H,4-5,11H2,1-3H3. The van der Waals surface area contributed by atoms with E-state index < -0.39 is 0 Å². The van der Waals surface area contributed by atoms with E-state index in [-0.39, 0.29) is 0 Å². The predicted molar refractivity (Wildman–Crippen MR) is 53.4 cm³/mol. The van der Waals surface area contributed by atoms with Crippen molar-refractivity contribution in [3.8, 4) is 0 Å². The van der Waals surface area contributed by atoms with Crippen LogP contribution >= 0.6 is 0 Å². The molecule has 2 N–H and O–H groups in total. The molecule has 1 unspecified atom stereocenters. The molecule has 1 aliphatic rings. The van der Waals surface area contributed by atoms with Crippen molar-refractivity contribution in [3.63, 3.8) is 0 Å². The number of hydrogen-bond donors (Lipinski definition) is 1. The number of nitrogens with zero attached hydrogens (tertiary/aromatic N) is 2. The quantitative estimate of drug-likeness (QED) is 0.717. The van der Waals surface area contributed by atoms with Gasteiger partial charge in [0.15, 0.2) is 0 Å². The van der Waals surface area contributed by atoms with Crippen LogP contribution in [0.2, 0.25) is 0 Å². The Balaban J connectivity index is 2.31. The molecule has 1 saturated carbocycles. The average molecular weight is 179 g/mol. The summed E-state index contributed by atoms with van der Waals surface area (Å²) in [7, 11) is 0. The van der Waals surface area contributed by atoms with Gasteiger partial charge in [0.25, 0.3) is 0 Å². The van der Waals surface area contributed by atoms with E-state index in [4.69, 9.17) is 5.73 Å². The highest BCUT2D eigenvalue weighted by atomic mass is 15.3. The Morgan fingerprint density at radius 2 is 2.31 bits per heavy atom. The summed E-state index contributed by atoms with van der Waals surface area (Å²) in [6.07, 6.45) is 4.33. The van der Waals surface area contributed by atoms with E-state index in [2.05, 4.69) is 18.9 Å². The van der Waals surface area contributed by atoms with E-state index in [1.807, 2.05) is 17.8 Å². The number of aryl methyl sites for hydroxylation is 1. The lowest BCUT2D eigenvalue weighted by molar-refractivity contribution is 0.0734. The zero-order valence-corrected chi connectivity index (χ0v) is 8.54. The van der Waals surface area contributed by atoms with Gasteiger partial charge in [-0.3, -0.25) is 0 Å². The second-order valence-electron chi connectivity index (χ2n) is 4.70. The van der Waals surface area contributed by atoms with Crippen molar-refractivity contribution in [3.05, 3.63) is 11.8 Å². The van der Waals surface area contributed by atoms with Gasteiger partial charge in [0.1, 0.15) is 5.82 Å². The fourth-order valence-electron chi connectivity index (χ4n) is 2.01. The lowest BCUT2D eigenvalue weighted by Gasteiger charge is -2.44. The summed E-state index contributed by atoms with van der Waals surface area (Å²) >= 11 is 0. The van der Waals surface area contributed by atoms with Crippen LogP contribution in [0.3, 0.4) is 0 Å². The molecule has 0 aromatic carbocycles. The van der Waals surface area contributed by atoms with Crippen LogP contribution in [0.15, 0.2) is 6.20 Å². The van der Waals surface area contributed by atoms with Gasteiger partial charge in [-0.15, -0.1) is 0 Å². The minimum Gasteiger partial charge on any atom is -0.384 e. The largest absolute Gasteiger partial charge is 0.384 e. The maximum absolute atomic E-state index is 5.93. The average Bonchev–Trinajstić information content (AvgIpc) is 2.35. The smallest absolute Gasteiger partial charge is 0.124 e. The number of rotatable bonds is 1. The molecule has 0 bridgehead atoms. The lowest BCUT2D eigenvalue weighted by atomic mass is 9.67.